The lowest BCUT2D eigenvalue weighted by molar-refractivity contribution is -0.120. The summed E-state index contributed by atoms with van der Waals surface area (Å²) in [5.74, 6) is 0.889. The van der Waals surface area contributed by atoms with Gasteiger partial charge in [0.25, 0.3) is 0 Å². The number of aryl methyl sites for hydroxylation is 1. The van der Waals surface area contributed by atoms with Crippen molar-refractivity contribution in [2.24, 2.45) is 0 Å². The first-order chi connectivity index (χ1) is 13.1. The van der Waals surface area contributed by atoms with Crippen LogP contribution in [0.5, 0.6) is 0 Å². The predicted molar refractivity (Wildman–Crippen MR) is 104 cm³/mol. The lowest BCUT2D eigenvalue weighted by Crippen LogP contribution is -2.39. The molecule has 0 aliphatic rings. The zero-order chi connectivity index (χ0) is 19.2. The number of benzene rings is 1. The van der Waals surface area contributed by atoms with Crippen LogP contribution in [-0.4, -0.2) is 35.1 Å². The predicted octanol–water partition coefficient (Wildman–Crippen LogP) is 3.69. The van der Waals surface area contributed by atoms with Gasteiger partial charge in [-0.2, -0.15) is 0 Å². The molecule has 0 fully saturated rings. The topological polar surface area (TPSA) is 71.5 Å². The van der Waals surface area contributed by atoms with Crippen LogP contribution >= 0.6 is 0 Å². The number of amides is 1. The molecule has 0 spiro atoms. The van der Waals surface area contributed by atoms with Gasteiger partial charge in [-0.3, -0.25) is 9.69 Å². The summed E-state index contributed by atoms with van der Waals surface area (Å²) < 4.78 is 10.8. The standard InChI is InChI=1S/C21H27N3O3/c1-4-16(3)24(14-17-6-5-11-26-17)10-9-22-21(25)13-19-18-12-15(2)7-8-20(18)27-23-19/h5-8,11-12,16H,4,9-10,13-14H2,1-3H3,(H,22,25)/t16-/m0/s1. The molecule has 6 heteroatoms. The fourth-order valence-corrected chi connectivity index (χ4v) is 3.10. The number of aromatic nitrogens is 1. The molecule has 1 aromatic carbocycles. The molecule has 3 aromatic rings. The van der Waals surface area contributed by atoms with Crippen molar-refractivity contribution in [3.05, 3.63) is 53.6 Å². The maximum absolute atomic E-state index is 12.3. The van der Waals surface area contributed by atoms with Gasteiger partial charge in [0.2, 0.25) is 5.91 Å². The summed E-state index contributed by atoms with van der Waals surface area (Å²) in [6, 6.07) is 10.1. The average molecular weight is 369 g/mol. The van der Waals surface area contributed by atoms with E-state index in [9.17, 15) is 4.79 Å². The Balaban J connectivity index is 1.53. The second-order valence-electron chi connectivity index (χ2n) is 6.96. The van der Waals surface area contributed by atoms with Crippen LogP contribution in [0, 0.1) is 6.92 Å². The van der Waals surface area contributed by atoms with Crippen molar-refractivity contribution < 1.29 is 13.7 Å². The first-order valence-electron chi connectivity index (χ1n) is 9.45. The Bertz CT molecular complexity index is 870. The number of carbonyl (C=O) groups is 1. The van der Waals surface area contributed by atoms with E-state index >= 15 is 0 Å². The third-order valence-electron chi connectivity index (χ3n) is 4.90. The van der Waals surface area contributed by atoms with Crippen molar-refractivity contribution in [2.75, 3.05) is 13.1 Å². The monoisotopic (exact) mass is 369 g/mol. The summed E-state index contributed by atoms with van der Waals surface area (Å²) in [6.07, 6.45) is 2.95. The van der Waals surface area contributed by atoms with E-state index < -0.39 is 0 Å². The van der Waals surface area contributed by atoms with E-state index in [2.05, 4.69) is 29.2 Å². The van der Waals surface area contributed by atoms with Gasteiger partial charge in [-0.25, -0.2) is 0 Å². The van der Waals surface area contributed by atoms with E-state index in [-0.39, 0.29) is 12.3 Å². The lowest BCUT2D eigenvalue weighted by Gasteiger charge is -2.27. The third-order valence-corrected chi connectivity index (χ3v) is 4.90. The molecule has 1 amide bonds. The number of nitrogens with one attached hydrogen (secondary N) is 1. The van der Waals surface area contributed by atoms with E-state index in [0.29, 0.717) is 23.9 Å². The molecule has 3 rings (SSSR count). The van der Waals surface area contributed by atoms with Gasteiger partial charge in [-0.05, 0) is 44.5 Å². The van der Waals surface area contributed by atoms with Crippen LogP contribution in [0.4, 0.5) is 0 Å². The molecular weight excluding hydrogens is 342 g/mol. The number of hydrogen-bond donors (Lipinski definition) is 1. The minimum atomic E-state index is -0.0474. The average Bonchev–Trinajstić information content (AvgIpc) is 3.30. The minimum Gasteiger partial charge on any atom is -0.468 e. The van der Waals surface area contributed by atoms with Gasteiger partial charge < -0.3 is 14.3 Å². The summed E-state index contributed by atoms with van der Waals surface area (Å²) in [4.78, 5) is 14.7. The Morgan fingerprint density at radius 1 is 1.33 bits per heavy atom. The van der Waals surface area contributed by atoms with Gasteiger partial charge in [-0.15, -0.1) is 0 Å². The maximum atomic E-state index is 12.3. The number of hydrogen-bond acceptors (Lipinski definition) is 5. The number of furan rings is 1. The van der Waals surface area contributed by atoms with Crippen molar-refractivity contribution in [1.29, 1.82) is 0 Å². The largest absolute Gasteiger partial charge is 0.468 e. The number of fused-ring (bicyclic) bond motifs is 1. The Morgan fingerprint density at radius 3 is 2.93 bits per heavy atom. The highest BCUT2D eigenvalue weighted by atomic mass is 16.5. The summed E-state index contributed by atoms with van der Waals surface area (Å²) in [5, 5.41) is 7.96. The summed E-state index contributed by atoms with van der Waals surface area (Å²) in [6.45, 7) is 8.45. The fourth-order valence-electron chi connectivity index (χ4n) is 3.10. The second kappa shape index (κ2) is 8.86. The van der Waals surface area contributed by atoms with Crippen molar-refractivity contribution in [3.63, 3.8) is 0 Å². The SMILES string of the molecule is CC[C@H](C)N(CCNC(=O)Cc1noc2ccc(C)cc12)Cc1ccco1. The van der Waals surface area contributed by atoms with E-state index in [4.69, 9.17) is 8.94 Å². The number of carbonyl (C=O) groups excluding carboxylic acids is 1. The molecule has 0 aliphatic carbocycles. The first kappa shape index (κ1) is 19.2. The third kappa shape index (κ3) is 4.98. The number of rotatable bonds is 9. The Hall–Kier alpha value is -2.60. The van der Waals surface area contributed by atoms with Crippen molar-refractivity contribution in [2.45, 2.75) is 46.2 Å². The molecule has 0 bridgehead atoms. The lowest BCUT2D eigenvalue weighted by atomic mass is 10.1. The van der Waals surface area contributed by atoms with Gasteiger partial charge in [-0.1, -0.05) is 23.7 Å². The molecule has 0 radical (unpaired) electrons. The van der Waals surface area contributed by atoms with Crippen LogP contribution in [0.3, 0.4) is 0 Å². The molecule has 2 aromatic heterocycles. The van der Waals surface area contributed by atoms with Crippen LogP contribution in [0.25, 0.3) is 11.0 Å². The summed E-state index contributed by atoms with van der Waals surface area (Å²) >= 11 is 0. The van der Waals surface area contributed by atoms with Crippen LogP contribution in [-0.2, 0) is 17.8 Å². The van der Waals surface area contributed by atoms with Gasteiger partial charge in [0.05, 0.1) is 19.2 Å². The van der Waals surface area contributed by atoms with Crippen molar-refractivity contribution >= 4 is 16.9 Å². The van der Waals surface area contributed by atoms with E-state index in [1.807, 2.05) is 37.3 Å². The molecule has 0 aliphatic heterocycles. The molecule has 144 valence electrons. The Morgan fingerprint density at radius 2 is 2.19 bits per heavy atom. The van der Waals surface area contributed by atoms with E-state index in [1.165, 1.54) is 0 Å². The Labute approximate surface area is 159 Å². The van der Waals surface area contributed by atoms with Crippen molar-refractivity contribution in [3.8, 4) is 0 Å². The molecular formula is C21H27N3O3. The molecule has 2 heterocycles. The molecule has 1 atom stereocenters. The van der Waals surface area contributed by atoms with Crippen molar-refractivity contribution in [1.82, 2.24) is 15.4 Å². The minimum absolute atomic E-state index is 0.0474. The maximum Gasteiger partial charge on any atom is 0.226 e. The summed E-state index contributed by atoms with van der Waals surface area (Å²) in [5.41, 5.74) is 2.51. The summed E-state index contributed by atoms with van der Waals surface area (Å²) in [7, 11) is 0. The first-order valence-corrected chi connectivity index (χ1v) is 9.45. The van der Waals surface area contributed by atoms with Gasteiger partial charge in [0.1, 0.15) is 11.5 Å². The highest BCUT2D eigenvalue weighted by Gasteiger charge is 2.16. The van der Waals surface area contributed by atoms with Gasteiger partial charge in [0, 0.05) is 24.5 Å². The zero-order valence-electron chi connectivity index (χ0n) is 16.2. The molecule has 0 saturated carbocycles. The number of nitrogens with zero attached hydrogens (tertiary/aromatic N) is 2. The quantitative estimate of drug-likeness (QED) is 0.623. The highest BCUT2D eigenvalue weighted by Crippen LogP contribution is 2.20. The zero-order valence-corrected chi connectivity index (χ0v) is 16.2. The smallest absolute Gasteiger partial charge is 0.226 e. The second-order valence-corrected chi connectivity index (χ2v) is 6.96. The van der Waals surface area contributed by atoms with E-state index in [0.717, 1.165) is 36.2 Å². The molecule has 0 unspecified atom stereocenters. The van der Waals surface area contributed by atoms with Crippen LogP contribution in [0.15, 0.2) is 45.5 Å². The fraction of sp³-hybridized carbons (Fsp3) is 0.429. The molecule has 6 nitrogen and oxygen atoms in total. The van der Waals surface area contributed by atoms with Crippen LogP contribution in [0.1, 0.15) is 37.3 Å². The van der Waals surface area contributed by atoms with Gasteiger partial charge >= 0.3 is 0 Å². The molecule has 1 N–H and O–H groups in total. The molecule has 27 heavy (non-hydrogen) atoms. The van der Waals surface area contributed by atoms with Gasteiger partial charge in [0.15, 0.2) is 5.58 Å². The Kier molecular flexibility index (Phi) is 6.29. The highest BCUT2D eigenvalue weighted by molar-refractivity contribution is 5.86. The normalized spacial score (nSPS) is 12.6. The van der Waals surface area contributed by atoms with E-state index in [1.54, 1.807) is 6.26 Å². The van der Waals surface area contributed by atoms with Crippen LogP contribution < -0.4 is 5.32 Å². The van der Waals surface area contributed by atoms with Crippen LogP contribution in [0.2, 0.25) is 0 Å². The molecule has 0 saturated heterocycles.